The Balaban J connectivity index is 2.34. The van der Waals surface area contributed by atoms with E-state index in [9.17, 15) is 10.1 Å². The summed E-state index contributed by atoms with van der Waals surface area (Å²) in [5.74, 6) is 0.496. The topological polar surface area (TPSA) is 86.7 Å². The smallest absolute Gasteiger partial charge is 0.288 e. The molecule has 0 atom stereocenters. The second-order valence-electron chi connectivity index (χ2n) is 4.09. The maximum Gasteiger partial charge on any atom is 0.293 e. The highest BCUT2D eigenvalue weighted by molar-refractivity contribution is 6.33. The van der Waals surface area contributed by atoms with Gasteiger partial charge in [-0.15, -0.1) is 0 Å². The van der Waals surface area contributed by atoms with Crippen LogP contribution in [0.2, 0.25) is 5.15 Å². The molecule has 7 nitrogen and oxygen atoms in total. The molecule has 8 heteroatoms. The minimum atomic E-state index is -0.454. The van der Waals surface area contributed by atoms with E-state index in [1.807, 2.05) is 0 Å². The van der Waals surface area contributed by atoms with Gasteiger partial charge in [0.05, 0.1) is 4.92 Å². The molecule has 3 aromatic rings. The first-order valence-corrected chi connectivity index (χ1v) is 6.06. The van der Waals surface area contributed by atoms with Crippen LogP contribution < -0.4 is 0 Å². The van der Waals surface area contributed by atoms with Gasteiger partial charge in [0.15, 0.2) is 10.8 Å². The number of nitro benzene ring substituents is 1. The first kappa shape index (κ1) is 12.5. The van der Waals surface area contributed by atoms with Gasteiger partial charge >= 0.3 is 0 Å². The lowest BCUT2D eigenvalue weighted by Crippen LogP contribution is -2.00. The normalized spacial score (nSPS) is 10.9. The monoisotopic (exact) mass is 289 g/mol. The molecule has 0 aliphatic rings. The third-order valence-electron chi connectivity index (χ3n) is 2.81. The molecule has 2 heterocycles. The average molecular weight is 290 g/mol. The number of aryl methyl sites for hydroxylation is 1. The van der Waals surface area contributed by atoms with Crippen molar-refractivity contribution in [3.8, 4) is 5.69 Å². The molecule has 0 saturated carbocycles. The summed E-state index contributed by atoms with van der Waals surface area (Å²) in [4.78, 5) is 23.0. The predicted octanol–water partition coefficient (Wildman–Crippen LogP) is 2.69. The highest BCUT2D eigenvalue weighted by Gasteiger charge is 2.18. The highest BCUT2D eigenvalue weighted by atomic mass is 35.5. The van der Waals surface area contributed by atoms with Gasteiger partial charge in [0.1, 0.15) is 23.4 Å². The maximum atomic E-state index is 11.1. The molecule has 0 spiro atoms. The van der Waals surface area contributed by atoms with Crippen molar-refractivity contribution >= 4 is 28.5 Å². The van der Waals surface area contributed by atoms with Gasteiger partial charge in [-0.3, -0.25) is 14.7 Å². The van der Waals surface area contributed by atoms with Crippen LogP contribution in [0.1, 0.15) is 5.82 Å². The van der Waals surface area contributed by atoms with Gasteiger partial charge in [0.25, 0.3) is 5.69 Å². The van der Waals surface area contributed by atoms with Gasteiger partial charge < -0.3 is 0 Å². The number of aromatic nitrogens is 4. The van der Waals surface area contributed by atoms with Crippen LogP contribution in [0.5, 0.6) is 0 Å². The van der Waals surface area contributed by atoms with Crippen molar-refractivity contribution in [3.05, 3.63) is 51.7 Å². The lowest BCUT2D eigenvalue weighted by atomic mass is 10.2. The lowest BCUT2D eigenvalue weighted by molar-refractivity contribution is -0.384. The van der Waals surface area contributed by atoms with Gasteiger partial charge in [-0.05, 0) is 13.0 Å². The zero-order chi connectivity index (χ0) is 14.3. The molecule has 20 heavy (non-hydrogen) atoms. The van der Waals surface area contributed by atoms with E-state index in [0.29, 0.717) is 22.7 Å². The average Bonchev–Trinajstić information content (AvgIpc) is 2.82. The van der Waals surface area contributed by atoms with Gasteiger partial charge in [-0.1, -0.05) is 23.7 Å². The Hall–Kier alpha value is -2.54. The van der Waals surface area contributed by atoms with Crippen molar-refractivity contribution in [2.75, 3.05) is 0 Å². The number of para-hydroxylation sites is 2. The molecule has 0 radical (unpaired) electrons. The number of halogens is 1. The predicted molar refractivity (Wildman–Crippen MR) is 73.1 cm³/mol. The zero-order valence-corrected chi connectivity index (χ0v) is 11.1. The molecule has 100 valence electrons. The van der Waals surface area contributed by atoms with Crippen LogP contribution in [0.3, 0.4) is 0 Å². The van der Waals surface area contributed by atoms with Crippen molar-refractivity contribution in [3.63, 3.8) is 0 Å². The third kappa shape index (κ3) is 1.88. The summed E-state index contributed by atoms with van der Waals surface area (Å²) in [5, 5.41) is 11.3. The number of hydrogen-bond acceptors (Lipinski definition) is 5. The highest BCUT2D eigenvalue weighted by Crippen LogP contribution is 2.28. The minimum absolute atomic E-state index is 0.0385. The quantitative estimate of drug-likeness (QED) is 0.411. The van der Waals surface area contributed by atoms with Crippen molar-refractivity contribution in [1.29, 1.82) is 0 Å². The number of hydrogen-bond donors (Lipinski definition) is 0. The number of imidazole rings is 1. The molecule has 0 unspecified atom stereocenters. The molecular weight excluding hydrogens is 282 g/mol. The first-order chi connectivity index (χ1) is 9.58. The summed E-state index contributed by atoms with van der Waals surface area (Å²) in [6.07, 6.45) is 1.45. The zero-order valence-electron chi connectivity index (χ0n) is 10.3. The van der Waals surface area contributed by atoms with E-state index in [0.717, 1.165) is 0 Å². The second-order valence-corrected chi connectivity index (χ2v) is 4.45. The van der Waals surface area contributed by atoms with E-state index in [1.165, 1.54) is 17.0 Å². The van der Waals surface area contributed by atoms with Crippen molar-refractivity contribution in [2.45, 2.75) is 6.92 Å². The molecule has 3 rings (SSSR count). The Morgan fingerprint density at radius 3 is 2.80 bits per heavy atom. The fourth-order valence-corrected chi connectivity index (χ4v) is 2.29. The number of nitro groups is 1. The molecule has 0 aliphatic carbocycles. The molecule has 0 N–H and O–H groups in total. The van der Waals surface area contributed by atoms with Gasteiger partial charge in [0.2, 0.25) is 0 Å². The Kier molecular flexibility index (Phi) is 2.83. The minimum Gasteiger partial charge on any atom is -0.288 e. The van der Waals surface area contributed by atoms with E-state index in [4.69, 9.17) is 11.6 Å². The summed E-state index contributed by atoms with van der Waals surface area (Å²) < 4.78 is 1.52. The lowest BCUT2D eigenvalue weighted by Gasteiger charge is -2.05. The molecule has 0 fully saturated rings. The van der Waals surface area contributed by atoms with Gasteiger partial charge in [-0.25, -0.2) is 15.0 Å². The summed E-state index contributed by atoms with van der Waals surface area (Å²) in [6, 6.07) is 6.35. The molecule has 0 bridgehead atoms. The van der Waals surface area contributed by atoms with Crippen molar-refractivity contribution in [2.24, 2.45) is 0 Å². The Bertz CT molecular complexity index is 830. The number of rotatable bonds is 2. The first-order valence-electron chi connectivity index (χ1n) is 5.69. The fraction of sp³-hybridized carbons (Fsp3) is 0.0833. The Labute approximate surface area is 118 Å². The van der Waals surface area contributed by atoms with Crippen LogP contribution in [-0.4, -0.2) is 24.4 Å². The number of benzene rings is 1. The number of fused-ring (bicyclic) bond motifs is 1. The van der Waals surface area contributed by atoms with Crippen LogP contribution in [-0.2, 0) is 0 Å². The molecule has 2 aromatic heterocycles. The Morgan fingerprint density at radius 2 is 2.05 bits per heavy atom. The SMILES string of the molecule is Cc1nc(Cl)c2c(ncn2-c2ccccc2[N+](=O)[O-])n1. The van der Waals surface area contributed by atoms with Crippen LogP contribution in [0, 0.1) is 17.0 Å². The van der Waals surface area contributed by atoms with Crippen LogP contribution >= 0.6 is 11.6 Å². The molecule has 1 aromatic carbocycles. The van der Waals surface area contributed by atoms with Crippen LogP contribution in [0.25, 0.3) is 16.9 Å². The second kappa shape index (κ2) is 4.53. The van der Waals surface area contributed by atoms with Crippen molar-refractivity contribution < 1.29 is 4.92 Å². The summed E-state index contributed by atoms with van der Waals surface area (Å²) in [5.41, 5.74) is 1.19. The van der Waals surface area contributed by atoms with E-state index in [2.05, 4.69) is 15.0 Å². The third-order valence-corrected chi connectivity index (χ3v) is 3.07. The van der Waals surface area contributed by atoms with Gasteiger partial charge in [0, 0.05) is 6.07 Å². The van der Waals surface area contributed by atoms with Crippen LogP contribution in [0.15, 0.2) is 30.6 Å². The number of nitrogens with zero attached hydrogens (tertiary/aromatic N) is 5. The standard InChI is InChI=1S/C12H8ClN5O2/c1-7-15-11(13)10-12(16-7)14-6-17(10)8-4-2-3-5-9(8)18(19)20/h2-6H,1H3. The molecule has 0 aliphatic heterocycles. The van der Waals surface area contributed by atoms with E-state index in [1.54, 1.807) is 25.1 Å². The molecule has 0 saturated heterocycles. The molecule has 0 amide bonds. The van der Waals surface area contributed by atoms with E-state index in [-0.39, 0.29) is 10.8 Å². The van der Waals surface area contributed by atoms with E-state index >= 15 is 0 Å². The fourth-order valence-electron chi connectivity index (χ4n) is 1.99. The largest absolute Gasteiger partial charge is 0.293 e. The summed E-state index contributed by atoms with van der Waals surface area (Å²) in [7, 11) is 0. The van der Waals surface area contributed by atoms with Gasteiger partial charge in [-0.2, -0.15) is 0 Å². The molecular formula is C12H8ClN5O2. The summed E-state index contributed by atoms with van der Waals surface area (Å²) >= 11 is 6.11. The van der Waals surface area contributed by atoms with Crippen LogP contribution in [0.4, 0.5) is 5.69 Å². The Morgan fingerprint density at radius 1 is 1.30 bits per heavy atom. The van der Waals surface area contributed by atoms with E-state index < -0.39 is 4.92 Å². The summed E-state index contributed by atoms with van der Waals surface area (Å²) in [6.45, 7) is 1.70. The van der Waals surface area contributed by atoms with Crippen molar-refractivity contribution in [1.82, 2.24) is 19.5 Å². The maximum absolute atomic E-state index is 11.1.